The van der Waals surface area contributed by atoms with Crippen LogP contribution < -0.4 is 10.5 Å². The molecular weight excluding hydrogens is 272 g/mol. The SMILES string of the molecule is CCC(N)Cc1c(Cl)cccc1OCc1ccncc1. The second-order valence-corrected chi connectivity index (χ2v) is 5.14. The fourth-order valence-corrected chi connectivity index (χ4v) is 2.16. The number of halogens is 1. The van der Waals surface area contributed by atoms with E-state index < -0.39 is 0 Å². The molecule has 0 aliphatic carbocycles. The number of hydrogen-bond acceptors (Lipinski definition) is 3. The second kappa shape index (κ2) is 7.27. The Kier molecular flexibility index (Phi) is 5.39. The molecule has 1 aromatic heterocycles. The third-order valence-electron chi connectivity index (χ3n) is 3.21. The number of hydrogen-bond donors (Lipinski definition) is 1. The van der Waals surface area contributed by atoms with E-state index in [2.05, 4.69) is 11.9 Å². The molecule has 0 saturated heterocycles. The van der Waals surface area contributed by atoms with Crippen LogP contribution in [0.4, 0.5) is 0 Å². The van der Waals surface area contributed by atoms with Gasteiger partial charge in [-0.05, 0) is 42.7 Å². The van der Waals surface area contributed by atoms with E-state index in [1.165, 1.54) is 0 Å². The Hall–Kier alpha value is -1.58. The second-order valence-electron chi connectivity index (χ2n) is 4.73. The lowest BCUT2D eigenvalue weighted by Crippen LogP contribution is -2.22. The van der Waals surface area contributed by atoms with E-state index in [9.17, 15) is 0 Å². The standard InChI is InChI=1S/C16H19ClN2O/c1-2-13(18)10-14-15(17)4-3-5-16(14)20-11-12-6-8-19-9-7-12/h3-9,13H,2,10-11,18H2,1H3. The minimum Gasteiger partial charge on any atom is -0.489 e. The van der Waals surface area contributed by atoms with Crippen molar-refractivity contribution in [2.75, 3.05) is 0 Å². The highest BCUT2D eigenvalue weighted by atomic mass is 35.5. The summed E-state index contributed by atoms with van der Waals surface area (Å²) in [4.78, 5) is 3.99. The fraction of sp³-hybridized carbons (Fsp3) is 0.312. The third kappa shape index (κ3) is 3.95. The molecular formula is C16H19ClN2O. The van der Waals surface area contributed by atoms with Gasteiger partial charge in [0.25, 0.3) is 0 Å². The molecule has 4 heteroatoms. The molecule has 3 nitrogen and oxygen atoms in total. The largest absolute Gasteiger partial charge is 0.489 e. The highest BCUT2D eigenvalue weighted by Gasteiger charge is 2.11. The van der Waals surface area contributed by atoms with Crippen molar-refractivity contribution in [3.63, 3.8) is 0 Å². The first-order valence-electron chi connectivity index (χ1n) is 6.75. The Bertz CT molecular complexity index is 545. The van der Waals surface area contributed by atoms with Crippen LogP contribution in [0.3, 0.4) is 0 Å². The number of nitrogens with two attached hydrogens (primary N) is 1. The van der Waals surface area contributed by atoms with Crippen LogP contribution in [0.25, 0.3) is 0 Å². The minimum absolute atomic E-state index is 0.0955. The normalized spacial score (nSPS) is 12.2. The van der Waals surface area contributed by atoms with Gasteiger partial charge in [-0.3, -0.25) is 4.98 Å². The molecule has 0 saturated carbocycles. The van der Waals surface area contributed by atoms with Gasteiger partial charge >= 0.3 is 0 Å². The monoisotopic (exact) mass is 290 g/mol. The van der Waals surface area contributed by atoms with Crippen molar-refractivity contribution in [2.24, 2.45) is 5.73 Å². The van der Waals surface area contributed by atoms with Crippen molar-refractivity contribution in [3.05, 3.63) is 58.9 Å². The third-order valence-corrected chi connectivity index (χ3v) is 3.56. The Balaban J connectivity index is 2.12. The topological polar surface area (TPSA) is 48.1 Å². The molecule has 1 unspecified atom stereocenters. The predicted octanol–water partition coefficient (Wildman–Crippen LogP) is 3.59. The number of pyridine rings is 1. The molecule has 0 aliphatic heterocycles. The van der Waals surface area contributed by atoms with Gasteiger partial charge in [-0.15, -0.1) is 0 Å². The van der Waals surface area contributed by atoms with Gasteiger partial charge in [-0.2, -0.15) is 0 Å². The van der Waals surface area contributed by atoms with E-state index in [-0.39, 0.29) is 6.04 Å². The van der Waals surface area contributed by atoms with Crippen LogP contribution in [0.2, 0.25) is 5.02 Å². The van der Waals surface area contributed by atoms with Crippen molar-refractivity contribution < 1.29 is 4.74 Å². The summed E-state index contributed by atoms with van der Waals surface area (Å²) in [6, 6.07) is 9.66. The Labute approximate surface area is 124 Å². The van der Waals surface area contributed by atoms with Crippen LogP contribution in [-0.2, 0) is 13.0 Å². The Morgan fingerprint density at radius 1 is 1.25 bits per heavy atom. The lowest BCUT2D eigenvalue weighted by molar-refractivity contribution is 0.302. The predicted molar refractivity (Wildman–Crippen MR) is 82.0 cm³/mol. The van der Waals surface area contributed by atoms with E-state index in [1.54, 1.807) is 12.4 Å². The lowest BCUT2D eigenvalue weighted by atomic mass is 10.0. The fourth-order valence-electron chi connectivity index (χ4n) is 1.92. The Morgan fingerprint density at radius 2 is 2.00 bits per heavy atom. The number of nitrogens with zero attached hydrogens (tertiary/aromatic N) is 1. The van der Waals surface area contributed by atoms with Gasteiger partial charge in [0, 0.05) is 29.0 Å². The van der Waals surface area contributed by atoms with Gasteiger partial charge in [0.2, 0.25) is 0 Å². The molecule has 0 bridgehead atoms. The zero-order valence-corrected chi connectivity index (χ0v) is 12.3. The highest BCUT2D eigenvalue weighted by molar-refractivity contribution is 6.31. The van der Waals surface area contributed by atoms with E-state index in [4.69, 9.17) is 22.1 Å². The molecule has 2 N–H and O–H groups in total. The first kappa shape index (κ1) is 14.8. The first-order chi connectivity index (χ1) is 9.70. The molecule has 0 spiro atoms. The quantitative estimate of drug-likeness (QED) is 0.884. The molecule has 20 heavy (non-hydrogen) atoms. The van der Waals surface area contributed by atoms with Crippen molar-refractivity contribution in [3.8, 4) is 5.75 Å². The summed E-state index contributed by atoms with van der Waals surface area (Å²) in [7, 11) is 0. The summed E-state index contributed by atoms with van der Waals surface area (Å²) in [6.07, 6.45) is 5.14. The molecule has 0 amide bonds. The molecule has 0 radical (unpaired) electrons. The van der Waals surface area contributed by atoms with Crippen LogP contribution in [0.1, 0.15) is 24.5 Å². The van der Waals surface area contributed by atoms with E-state index in [0.717, 1.165) is 29.7 Å². The summed E-state index contributed by atoms with van der Waals surface area (Å²) >= 11 is 6.27. The summed E-state index contributed by atoms with van der Waals surface area (Å²) in [5, 5.41) is 0.709. The zero-order valence-electron chi connectivity index (χ0n) is 11.6. The van der Waals surface area contributed by atoms with Crippen LogP contribution in [0.15, 0.2) is 42.7 Å². The average molecular weight is 291 g/mol. The summed E-state index contributed by atoms with van der Waals surface area (Å²) < 4.78 is 5.88. The number of rotatable bonds is 6. The van der Waals surface area contributed by atoms with Crippen LogP contribution in [0, 0.1) is 0 Å². The molecule has 106 valence electrons. The molecule has 2 aromatic rings. The van der Waals surface area contributed by atoms with Crippen molar-refractivity contribution in [2.45, 2.75) is 32.4 Å². The Morgan fingerprint density at radius 3 is 2.70 bits per heavy atom. The van der Waals surface area contributed by atoms with Gasteiger partial charge in [0.05, 0.1) is 0 Å². The zero-order chi connectivity index (χ0) is 14.4. The molecule has 1 atom stereocenters. The molecule has 2 rings (SSSR count). The maximum Gasteiger partial charge on any atom is 0.124 e. The average Bonchev–Trinajstić information content (AvgIpc) is 2.48. The van der Waals surface area contributed by atoms with E-state index in [1.807, 2.05) is 30.3 Å². The van der Waals surface area contributed by atoms with E-state index in [0.29, 0.717) is 11.6 Å². The van der Waals surface area contributed by atoms with Crippen molar-refractivity contribution >= 4 is 11.6 Å². The smallest absolute Gasteiger partial charge is 0.124 e. The summed E-state index contributed by atoms with van der Waals surface area (Å²) in [5.41, 5.74) is 8.09. The molecule has 0 fully saturated rings. The first-order valence-corrected chi connectivity index (χ1v) is 7.13. The maximum atomic E-state index is 6.27. The highest BCUT2D eigenvalue weighted by Crippen LogP contribution is 2.28. The van der Waals surface area contributed by atoms with Gasteiger partial charge in [-0.1, -0.05) is 24.6 Å². The number of ether oxygens (including phenoxy) is 1. The summed E-state index contributed by atoms with van der Waals surface area (Å²) in [5.74, 6) is 0.804. The maximum absolute atomic E-state index is 6.27. The van der Waals surface area contributed by atoms with Crippen LogP contribution >= 0.6 is 11.6 Å². The van der Waals surface area contributed by atoms with Gasteiger partial charge in [0.15, 0.2) is 0 Å². The minimum atomic E-state index is 0.0955. The summed E-state index contributed by atoms with van der Waals surface area (Å²) in [6.45, 7) is 2.57. The lowest BCUT2D eigenvalue weighted by Gasteiger charge is -2.15. The van der Waals surface area contributed by atoms with E-state index >= 15 is 0 Å². The van der Waals surface area contributed by atoms with Crippen LogP contribution in [-0.4, -0.2) is 11.0 Å². The van der Waals surface area contributed by atoms with Crippen LogP contribution in [0.5, 0.6) is 5.75 Å². The molecule has 1 aromatic carbocycles. The van der Waals surface area contributed by atoms with Crippen molar-refractivity contribution in [1.82, 2.24) is 4.98 Å². The molecule has 0 aliphatic rings. The van der Waals surface area contributed by atoms with Gasteiger partial charge < -0.3 is 10.5 Å². The number of aromatic nitrogens is 1. The molecule has 1 heterocycles. The number of benzene rings is 1. The van der Waals surface area contributed by atoms with Gasteiger partial charge in [-0.25, -0.2) is 0 Å². The van der Waals surface area contributed by atoms with Crippen molar-refractivity contribution in [1.29, 1.82) is 0 Å². The van der Waals surface area contributed by atoms with Gasteiger partial charge in [0.1, 0.15) is 12.4 Å².